The van der Waals surface area contributed by atoms with Gasteiger partial charge in [0.15, 0.2) is 0 Å². The van der Waals surface area contributed by atoms with Crippen LogP contribution >= 0.6 is 0 Å². The maximum atomic E-state index is 10.6. The highest BCUT2D eigenvalue weighted by Crippen LogP contribution is 2.33. The van der Waals surface area contributed by atoms with E-state index in [1.165, 1.54) is 0 Å². The number of hydrogen-bond donors (Lipinski definition) is 1. The lowest BCUT2D eigenvalue weighted by Crippen LogP contribution is -2.24. The standard InChI is InChI=1S/C11H20O3/c1-11(2,8-10(12)13)7-9-3-5-14-6-4-9/h9H,3-8H2,1-2H3,(H,12,13). The van der Waals surface area contributed by atoms with Crippen molar-refractivity contribution in [2.24, 2.45) is 11.3 Å². The monoisotopic (exact) mass is 200 g/mol. The van der Waals surface area contributed by atoms with Crippen molar-refractivity contribution in [2.75, 3.05) is 13.2 Å². The number of hydrogen-bond acceptors (Lipinski definition) is 2. The summed E-state index contributed by atoms with van der Waals surface area (Å²) in [5, 5.41) is 8.75. The molecule has 1 aliphatic rings. The van der Waals surface area contributed by atoms with E-state index >= 15 is 0 Å². The van der Waals surface area contributed by atoms with Gasteiger partial charge in [-0.15, -0.1) is 0 Å². The van der Waals surface area contributed by atoms with Crippen molar-refractivity contribution in [3.63, 3.8) is 0 Å². The largest absolute Gasteiger partial charge is 0.481 e. The van der Waals surface area contributed by atoms with Crippen LogP contribution in [0.3, 0.4) is 0 Å². The number of rotatable bonds is 4. The second-order valence-electron chi connectivity index (χ2n) is 4.99. The predicted octanol–water partition coefficient (Wildman–Crippen LogP) is 2.30. The Morgan fingerprint density at radius 3 is 2.50 bits per heavy atom. The summed E-state index contributed by atoms with van der Waals surface area (Å²) in [5.41, 5.74) is -0.0756. The Balaban J connectivity index is 2.36. The highest BCUT2D eigenvalue weighted by atomic mass is 16.5. The first-order chi connectivity index (χ1) is 6.49. The quantitative estimate of drug-likeness (QED) is 0.757. The zero-order chi connectivity index (χ0) is 10.6. The molecule has 1 heterocycles. The van der Waals surface area contributed by atoms with Crippen LogP contribution in [0.1, 0.15) is 39.5 Å². The van der Waals surface area contributed by atoms with Gasteiger partial charge in [-0.25, -0.2) is 0 Å². The van der Waals surface area contributed by atoms with Gasteiger partial charge < -0.3 is 9.84 Å². The average molecular weight is 200 g/mol. The third-order valence-electron chi connectivity index (χ3n) is 2.81. The Bertz CT molecular complexity index is 193. The van der Waals surface area contributed by atoms with Gasteiger partial charge in [-0.05, 0) is 30.6 Å². The summed E-state index contributed by atoms with van der Waals surface area (Å²) >= 11 is 0. The van der Waals surface area contributed by atoms with E-state index in [2.05, 4.69) is 0 Å². The first kappa shape index (κ1) is 11.5. The summed E-state index contributed by atoms with van der Waals surface area (Å²) in [6, 6.07) is 0. The lowest BCUT2D eigenvalue weighted by Gasteiger charge is -2.30. The molecular weight excluding hydrogens is 180 g/mol. The van der Waals surface area contributed by atoms with Crippen LogP contribution in [0.2, 0.25) is 0 Å². The molecule has 1 fully saturated rings. The molecule has 0 spiro atoms. The normalized spacial score (nSPS) is 19.6. The highest BCUT2D eigenvalue weighted by Gasteiger charge is 2.27. The molecule has 0 atom stereocenters. The molecule has 0 aliphatic carbocycles. The van der Waals surface area contributed by atoms with E-state index in [1.54, 1.807) is 0 Å². The average Bonchev–Trinajstić information content (AvgIpc) is 2.02. The molecule has 3 heteroatoms. The van der Waals surface area contributed by atoms with Gasteiger partial charge in [0.1, 0.15) is 0 Å². The number of ether oxygens (including phenoxy) is 1. The Labute approximate surface area is 85.5 Å². The van der Waals surface area contributed by atoms with Crippen LogP contribution < -0.4 is 0 Å². The minimum atomic E-state index is -0.693. The fraction of sp³-hybridized carbons (Fsp3) is 0.909. The molecule has 1 N–H and O–H groups in total. The van der Waals surface area contributed by atoms with Crippen molar-refractivity contribution in [1.82, 2.24) is 0 Å². The molecule has 0 bridgehead atoms. The molecule has 1 aliphatic heterocycles. The minimum Gasteiger partial charge on any atom is -0.481 e. The van der Waals surface area contributed by atoms with Gasteiger partial charge in [0.05, 0.1) is 6.42 Å². The van der Waals surface area contributed by atoms with Crippen LogP contribution in [0.15, 0.2) is 0 Å². The van der Waals surface area contributed by atoms with Crippen LogP contribution in [-0.4, -0.2) is 24.3 Å². The van der Waals surface area contributed by atoms with Gasteiger partial charge in [-0.3, -0.25) is 4.79 Å². The molecule has 14 heavy (non-hydrogen) atoms. The molecule has 0 amide bonds. The molecule has 0 aromatic rings. The van der Waals surface area contributed by atoms with Gasteiger partial charge in [0.2, 0.25) is 0 Å². The van der Waals surface area contributed by atoms with E-state index in [-0.39, 0.29) is 11.8 Å². The Morgan fingerprint density at radius 1 is 1.43 bits per heavy atom. The summed E-state index contributed by atoms with van der Waals surface area (Å²) in [7, 11) is 0. The first-order valence-electron chi connectivity index (χ1n) is 5.29. The van der Waals surface area contributed by atoms with Gasteiger partial charge in [-0.2, -0.15) is 0 Å². The minimum absolute atomic E-state index is 0.0756. The SMILES string of the molecule is CC(C)(CC(=O)O)CC1CCOCC1. The van der Waals surface area contributed by atoms with E-state index in [4.69, 9.17) is 9.84 Å². The van der Waals surface area contributed by atoms with Crippen LogP contribution in [-0.2, 0) is 9.53 Å². The molecule has 0 unspecified atom stereocenters. The molecule has 0 aromatic carbocycles. The van der Waals surface area contributed by atoms with Crippen LogP contribution in [0.5, 0.6) is 0 Å². The summed E-state index contributed by atoms with van der Waals surface area (Å²) in [6.07, 6.45) is 3.44. The number of carboxylic acid groups (broad SMARTS) is 1. The zero-order valence-electron chi connectivity index (χ0n) is 9.08. The van der Waals surface area contributed by atoms with E-state index in [0.717, 1.165) is 32.5 Å². The van der Waals surface area contributed by atoms with Crippen molar-refractivity contribution in [1.29, 1.82) is 0 Å². The second kappa shape index (κ2) is 4.78. The third-order valence-corrected chi connectivity index (χ3v) is 2.81. The maximum absolute atomic E-state index is 10.6. The maximum Gasteiger partial charge on any atom is 0.303 e. The lowest BCUT2D eigenvalue weighted by atomic mass is 9.78. The smallest absolute Gasteiger partial charge is 0.303 e. The van der Waals surface area contributed by atoms with E-state index in [1.807, 2.05) is 13.8 Å². The third kappa shape index (κ3) is 4.09. The molecule has 3 nitrogen and oxygen atoms in total. The first-order valence-corrected chi connectivity index (χ1v) is 5.29. The molecular formula is C11H20O3. The van der Waals surface area contributed by atoms with E-state index < -0.39 is 5.97 Å². The summed E-state index contributed by atoms with van der Waals surface area (Å²) in [5.74, 6) is -0.0415. The summed E-state index contributed by atoms with van der Waals surface area (Å²) in [6.45, 7) is 5.76. The molecule has 0 saturated carbocycles. The van der Waals surface area contributed by atoms with Gasteiger partial charge in [-0.1, -0.05) is 13.8 Å². The Morgan fingerprint density at radius 2 is 2.00 bits per heavy atom. The second-order valence-corrected chi connectivity index (χ2v) is 4.99. The van der Waals surface area contributed by atoms with Gasteiger partial charge in [0.25, 0.3) is 0 Å². The molecule has 0 radical (unpaired) electrons. The summed E-state index contributed by atoms with van der Waals surface area (Å²) < 4.78 is 5.28. The van der Waals surface area contributed by atoms with Crippen LogP contribution in [0.4, 0.5) is 0 Å². The van der Waals surface area contributed by atoms with Crippen LogP contribution in [0.25, 0.3) is 0 Å². The zero-order valence-corrected chi connectivity index (χ0v) is 9.08. The van der Waals surface area contributed by atoms with Crippen molar-refractivity contribution >= 4 is 5.97 Å². The summed E-state index contributed by atoms with van der Waals surface area (Å²) in [4.78, 5) is 10.6. The van der Waals surface area contributed by atoms with Crippen LogP contribution in [0, 0.1) is 11.3 Å². The van der Waals surface area contributed by atoms with E-state index in [0.29, 0.717) is 5.92 Å². The number of aliphatic carboxylic acids is 1. The van der Waals surface area contributed by atoms with Crippen molar-refractivity contribution in [3.8, 4) is 0 Å². The van der Waals surface area contributed by atoms with Crippen molar-refractivity contribution in [2.45, 2.75) is 39.5 Å². The molecule has 1 rings (SSSR count). The molecule has 0 aromatic heterocycles. The number of carbonyl (C=O) groups is 1. The topological polar surface area (TPSA) is 46.5 Å². The molecule has 1 saturated heterocycles. The van der Waals surface area contributed by atoms with Crippen molar-refractivity contribution < 1.29 is 14.6 Å². The van der Waals surface area contributed by atoms with Gasteiger partial charge >= 0.3 is 5.97 Å². The predicted molar refractivity (Wildman–Crippen MR) is 54.2 cm³/mol. The number of carboxylic acids is 1. The Hall–Kier alpha value is -0.570. The fourth-order valence-corrected chi connectivity index (χ4v) is 2.21. The Kier molecular flexibility index (Phi) is 3.93. The fourth-order valence-electron chi connectivity index (χ4n) is 2.21. The van der Waals surface area contributed by atoms with Crippen molar-refractivity contribution in [3.05, 3.63) is 0 Å². The van der Waals surface area contributed by atoms with Gasteiger partial charge in [0, 0.05) is 13.2 Å². The van der Waals surface area contributed by atoms with E-state index in [9.17, 15) is 4.79 Å². The molecule has 82 valence electrons. The lowest BCUT2D eigenvalue weighted by molar-refractivity contribution is -0.139. The highest BCUT2D eigenvalue weighted by molar-refractivity contribution is 5.67.